The van der Waals surface area contributed by atoms with Crippen LogP contribution in [0.25, 0.3) is 10.9 Å². The molecule has 1 amide bonds. The number of piperidine rings is 1. The van der Waals surface area contributed by atoms with Crippen LogP contribution in [-0.4, -0.2) is 49.9 Å². The number of benzene rings is 2. The number of carboxylic acids is 1. The van der Waals surface area contributed by atoms with Gasteiger partial charge in [-0.05, 0) is 67.4 Å². The molecule has 1 aliphatic rings. The highest BCUT2D eigenvalue weighted by molar-refractivity contribution is 6.32. The summed E-state index contributed by atoms with van der Waals surface area (Å²) in [5, 5.41) is 13.3. The number of nitrogens with two attached hydrogens (primary N) is 1. The van der Waals surface area contributed by atoms with Crippen molar-refractivity contribution in [3.63, 3.8) is 0 Å². The lowest BCUT2D eigenvalue weighted by Gasteiger charge is -2.29. The first-order valence-corrected chi connectivity index (χ1v) is 13.0. The highest BCUT2D eigenvalue weighted by atomic mass is 35.5. The number of aliphatic carboxylic acids is 1. The molecule has 11 heteroatoms. The third-order valence-electron chi connectivity index (χ3n) is 6.21. The zero-order chi connectivity index (χ0) is 28.5. The number of hydrogen-bond donors (Lipinski definition) is 3. The number of likely N-dealkylation sites (tertiary alicyclic amines) is 1. The Balaban J connectivity index is 0.000000240. The molecule has 1 atom stereocenters. The Morgan fingerprint density at radius 3 is 2.75 bits per heavy atom. The van der Waals surface area contributed by atoms with Crippen molar-refractivity contribution in [3.05, 3.63) is 90.5 Å². The number of carboxylic acid groups (broad SMARTS) is 1. The summed E-state index contributed by atoms with van der Waals surface area (Å²) in [6.07, 6.45) is 5.88. The second-order valence-electron chi connectivity index (χ2n) is 9.04. The molecule has 10 nitrogen and oxygen atoms in total. The van der Waals surface area contributed by atoms with Gasteiger partial charge in [0.1, 0.15) is 24.5 Å². The summed E-state index contributed by atoms with van der Waals surface area (Å²) in [5.41, 5.74) is 8.96. The molecule has 0 saturated carbocycles. The van der Waals surface area contributed by atoms with Gasteiger partial charge in [0.25, 0.3) is 0 Å². The van der Waals surface area contributed by atoms with E-state index in [4.69, 9.17) is 27.2 Å². The fourth-order valence-corrected chi connectivity index (χ4v) is 4.38. The van der Waals surface area contributed by atoms with E-state index in [0.717, 1.165) is 28.7 Å². The number of anilines is 3. The maximum Gasteiger partial charge on any atom is 0.308 e. The number of hydrogen-bond acceptors (Lipinski definition) is 8. The Labute approximate surface area is 236 Å². The van der Waals surface area contributed by atoms with E-state index < -0.39 is 11.9 Å². The molecule has 5 rings (SSSR count). The van der Waals surface area contributed by atoms with E-state index in [1.807, 2.05) is 48.5 Å². The SMILES string of the molecule is C=CC(=O)N1CCCC(C(=O)O)C1.Nc1ccc2ncnc(Nc3ccc(OCc4ccccn4)c(Cl)c3)c2c1. The van der Waals surface area contributed by atoms with E-state index in [-0.39, 0.29) is 5.91 Å². The first kappa shape index (κ1) is 28.3. The number of nitrogens with zero attached hydrogens (tertiary/aromatic N) is 4. The molecule has 4 N–H and O–H groups in total. The van der Waals surface area contributed by atoms with Crippen molar-refractivity contribution in [3.8, 4) is 5.75 Å². The van der Waals surface area contributed by atoms with Crippen LogP contribution < -0.4 is 15.8 Å². The van der Waals surface area contributed by atoms with Gasteiger partial charge in [-0.3, -0.25) is 14.6 Å². The second kappa shape index (κ2) is 13.4. The van der Waals surface area contributed by atoms with Gasteiger partial charge in [-0.2, -0.15) is 0 Å². The number of ether oxygens (including phenoxy) is 1. The summed E-state index contributed by atoms with van der Waals surface area (Å²) in [5.74, 6) is -0.152. The summed E-state index contributed by atoms with van der Waals surface area (Å²) < 4.78 is 5.75. The molecular formula is C29H29ClN6O4. The van der Waals surface area contributed by atoms with Crippen molar-refractivity contribution in [1.82, 2.24) is 19.9 Å². The number of amides is 1. The number of carbonyl (C=O) groups excluding carboxylic acids is 1. The maximum atomic E-state index is 11.1. The molecule has 1 unspecified atom stereocenters. The standard InChI is InChI=1S/C20H16ClN5O.C9H13NO3/c21-17-10-14(5-7-19(17)27-11-15-3-1-2-8-23-15)26-20-16-9-13(22)4-6-18(16)24-12-25-20;1-2-8(11)10-5-3-4-7(6-10)9(12)13/h1-10,12H,11,22H2,(H,24,25,26);2,7H,1,3-6H2,(H,12,13). The molecule has 0 bridgehead atoms. The van der Waals surface area contributed by atoms with E-state index >= 15 is 0 Å². The molecule has 1 aliphatic heterocycles. The van der Waals surface area contributed by atoms with Crippen LogP contribution in [0.3, 0.4) is 0 Å². The molecule has 0 spiro atoms. The monoisotopic (exact) mass is 560 g/mol. The van der Waals surface area contributed by atoms with Crippen LogP contribution in [0.5, 0.6) is 5.75 Å². The summed E-state index contributed by atoms with van der Waals surface area (Å²) in [7, 11) is 0. The Morgan fingerprint density at radius 2 is 2.02 bits per heavy atom. The smallest absolute Gasteiger partial charge is 0.308 e. The van der Waals surface area contributed by atoms with E-state index in [9.17, 15) is 9.59 Å². The minimum Gasteiger partial charge on any atom is -0.486 e. The van der Waals surface area contributed by atoms with Gasteiger partial charge >= 0.3 is 5.97 Å². The first-order valence-electron chi connectivity index (χ1n) is 12.6. The zero-order valence-electron chi connectivity index (χ0n) is 21.7. The number of nitrogens with one attached hydrogen (secondary N) is 1. The highest BCUT2D eigenvalue weighted by Crippen LogP contribution is 2.31. The Bertz CT molecular complexity index is 1500. The highest BCUT2D eigenvalue weighted by Gasteiger charge is 2.26. The number of pyridine rings is 1. The molecule has 2 aromatic carbocycles. The van der Waals surface area contributed by atoms with Gasteiger partial charge in [0, 0.05) is 36.0 Å². The van der Waals surface area contributed by atoms with Gasteiger partial charge in [0.05, 0.1) is 22.2 Å². The maximum absolute atomic E-state index is 11.1. The van der Waals surface area contributed by atoms with Crippen LogP contribution in [0.15, 0.2) is 79.8 Å². The molecule has 1 fully saturated rings. The number of halogens is 1. The van der Waals surface area contributed by atoms with Crippen molar-refractivity contribution in [2.45, 2.75) is 19.4 Å². The number of carbonyl (C=O) groups is 2. The lowest BCUT2D eigenvalue weighted by Crippen LogP contribution is -2.41. The number of aromatic nitrogens is 3. The third kappa shape index (κ3) is 7.45. The minimum atomic E-state index is -0.818. The second-order valence-corrected chi connectivity index (χ2v) is 9.45. The van der Waals surface area contributed by atoms with Crippen LogP contribution in [0, 0.1) is 5.92 Å². The van der Waals surface area contributed by atoms with E-state index in [2.05, 4.69) is 26.8 Å². The molecule has 2 aromatic heterocycles. The molecule has 3 heterocycles. The van der Waals surface area contributed by atoms with Crippen LogP contribution in [0.2, 0.25) is 5.02 Å². The van der Waals surface area contributed by atoms with E-state index in [1.54, 1.807) is 12.3 Å². The zero-order valence-corrected chi connectivity index (χ0v) is 22.4. The molecule has 0 radical (unpaired) electrons. The molecular weight excluding hydrogens is 532 g/mol. The largest absolute Gasteiger partial charge is 0.486 e. The quantitative estimate of drug-likeness (QED) is 0.208. The fraction of sp³-hybridized carbons (Fsp3) is 0.207. The summed E-state index contributed by atoms with van der Waals surface area (Å²) in [4.78, 5) is 36.1. The van der Waals surface area contributed by atoms with Gasteiger partial charge in [0.2, 0.25) is 5.91 Å². The molecule has 4 aromatic rings. The lowest BCUT2D eigenvalue weighted by atomic mass is 9.98. The van der Waals surface area contributed by atoms with E-state index in [1.165, 1.54) is 17.3 Å². The van der Waals surface area contributed by atoms with Crippen molar-refractivity contribution >= 4 is 51.6 Å². The van der Waals surface area contributed by atoms with Gasteiger partial charge in [0.15, 0.2) is 0 Å². The third-order valence-corrected chi connectivity index (χ3v) is 6.51. The average molecular weight is 561 g/mol. The molecule has 206 valence electrons. The minimum absolute atomic E-state index is 0.175. The van der Waals surface area contributed by atoms with Crippen LogP contribution in [-0.2, 0) is 16.2 Å². The van der Waals surface area contributed by atoms with Crippen molar-refractivity contribution in [1.29, 1.82) is 0 Å². The number of rotatable bonds is 7. The Morgan fingerprint density at radius 1 is 1.18 bits per heavy atom. The summed E-state index contributed by atoms with van der Waals surface area (Å²) >= 11 is 6.37. The van der Waals surface area contributed by atoms with Crippen LogP contribution in [0.4, 0.5) is 17.2 Å². The number of nitrogen functional groups attached to an aromatic ring is 1. The predicted octanol–water partition coefficient (Wildman–Crippen LogP) is 5.08. The van der Waals surface area contributed by atoms with Crippen molar-refractivity contribution in [2.75, 3.05) is 24.1 Å². The predicted molar refractivity (Wildman–Crippen MR) is 154 cm³/mol. The molecule has 40 heavy (non-hydrogen) atoms. The van der Waals surface area contributed by atoms with Crippen molar-refractivity contribution < 1.29 is 19.4 Å². The van der Waals surface area contributed by atoms with Gasteiger partial charge in [-0.1, -0.05) is 24.2 Å². The number of fused-ring (bicyclic) bond motifs is 1. The fourth-order valence-electron chi connectivity index (χ4n) is 4.15. The van der Waals surface area contributed by atoms with Crippen molar-refractivity contribution in [2.24, 2.45) is 5.92 Å². The summed E-state index contributed by atoms with van der Waals surface area (Å²) in [6.45, 7) is 4.68. The lowest BCUT2D eigenvalue weighted by molar-refractivity contribution is -0.144. The molecule has 0 aliphatic carbocycles. The van der Waals surface area contributed by atoms with Crippen LogP contribution in [0.1, 0.15) is 18.5 Å². The van der Waals surface area contributed by atoms with Gasteiger partial charge < -0.3 is 25.8 Å². The van der Waals surface area contributed by atoms with Crippen LogP contribution >= 0.6 is 11.6 Å². The van der Waals surface area contributed by atoms with Gasteiger partial charge in [-0.25, -0.2) is 9.97 Å². The Kier molecular flexibility index (Phi) is 9.48. The average Bonchev–Trinajstić information content (AvgIpc) is 2.97. The van der Waals surface area contributed by atoms with Gasteiger partial charge in [-0.15, -0.1) is 0 Å². The van der Waals surface area contributed by atoms with E-state index in [0.29, 0.717) is 48.4 Å². The first-order chi connectivity index (χ1) is 19.3. The summed E-state index contributed by atoms with van der Waals surface area (Å²) in [6, 6.07) is 16.7. The normalized spacial score (nSPS) is 14.5. The Hall–Kier alpha value is -4.70. The molecule has 1 saturated heterocycles. The topological polar surface area (TPSA) is 144 Å².